The first-order valence-electron chi connectivity index (χ1n) is 9.60. The molecule has 0 aliphatic carbocycles. The van der Waals surface area contributed by atoms with Crippen LogP contribution in [0.15, 0.2) is 42.6 Å². The quantitative estimate of drug-likeness (QED) is 0.855. The van der Waals surface area contributed by atoms with Crippen LogP contribution in [0.5, 0.6) is 0 Å². The molecule has 3 rings (SSSR count). The number of nitrogens with zero attached hydrogens (tertiary/aromatic N) is 3. The van der Waals surface area contributed by atoms with E-state index in [1.807, 2.05) is 29.3 Å². The van der Waals surface area contributed by atoms with Crippen molar-refractivity contribution in [1.29, 1.82) is 0 Å². The van der Waals surface area contributed by atoms with E-state index in [1.54, 1.807) is 0 Å². The molecule has 0 spiro atoms. The molecule has 5 nitrogen and oxygen atoms in total. The van der Waals surface area contributed by atoms with Gasteiger partial charge < -0.3 is 15.1 Å². The fraction of sp³-hybridized carbons (Fsp3) is 0.455. The molecule has 5 heteroatoms. The van der Waals surface area contributed by atoms with Crippen molar-refractivity contribution < 1.29 is 4.79 Å². The minimum absolute atomic E-state index is 0.0391. The molecule has 1 aromatic heterocycles. The summed E-state index contributed by atoms with van der Waals surface area (Å²) in [5, 5.41) is 3.03. The molecular formula is C22H30N4O. The van der Waals surface area contributed by atoms with Crippen molar-refractivity contribution in [2.75, 3.05) is 29.9 Å². The first-order valence-corrected chi connectivity index (χ1v) is 9.60. The number of pyridine rings is 1. The lowest BCUT2D eigenvalue weighted by Gasteiger charge is -2.41. The average Bonchev–Trinajstić information content (AvgIpc) is 2.62. The number of benzene rings is 1. The molecule has 1 atom stereocenters. The lowest BCUT2D eigenvalue weighted by atomic mass is 9.87. The summed E-state index contributed by atoms with van der Waals surface area (Å²) in [5.41, 5.74) is 3.37. The van der Waals surface area contributed by atoms with Gasteiger partial charge in [0.05, 0.1) is 0 Å². The maximum absolute atomic E-state index is 12.7. The molecule has 1 saturated heterocycles. The van der Waals surface area contributed by atoms with Crippen LogP contribution >= 0.6 is 0 Å². The average molecular weight is 367 g/mol. The van der Waals surface area contributed by atoms with Crippen LogP contribution in [0.25, 0.3) is 0 Å². The Balaban J connectivity index is 1.62. The standard InChI is InChI=1S/C22H30N4O/c1-16-7-6-12-23-20(16)26-14-13-25(15-17(26)2)21(27)24-19-10-8-18(9-11-19)22(3,4)5/h6-12,17H,13-15H2,1-5H3,(H,24,27)/t17-/m0/s1. The third kappa shape index (κ3) is 4.41. The molecular weight excluding hydrogens is 336 g/mol. The molecule has 144 valence electrons. The second-order valence-corrected chi connectivity index (χ2v) is 8.39. The van der Waals surface area contributed by atoms with Crippen LogP contribution in [0.3, 0.4) is 0 Å². The van der Waals surface area contributed by atoms with Crippen molar-refractivity contribution in [3.8, 4) is 0 Å². The fourth-order valence-electron chi connectivity index (χ4n) is 3.49. The van der Waals surface area contributed by atoms with Gasteiger partial charge in [-0.05, 0) is 48.6 Å². The number of hydrogen-bond acceptors (Lipinski definition) is 3. The maximum atomic E-state index is 12.7. The van der Waals surface area contributed by atoms with Crippen molar-refractivity contribution in [2.24, 2.45) is 0 Å². The first kappa shape index (κ1) is 19.2. The van der Waals surface area contributed by atoms with E-state index < -0.39 is 0 Å². The highest BCUT2D eigenvalue weighted by Gasteiger charge is 2.28. The van der Waals surface area contributed by atoms with Crippen LogP contribution in [0.4, 0.5) is 16.3 Å². The molecule has 2 aromatic rings. The molecule has 0 unspecified atom stereocenters. The maximum Gasteiger partial charge on any atom is 0.321 e. The van der Waals surface area contributed by atoms with Crippen molar-refractivity contribution in [3.05, 3.63) is 53.7 Å². The van der Waals surface area contributed by atoms with E-state index in [9.17, 15) is 4.79 Å². The van der Waals surface area contributed by atoms with E-state index in [-0.39, 0.29) is 17.5 Å². The van der Waals surface area contributed by atoms with Gasteiger partial charge in [0.15, 0.2) is 0 Å². The summed E-state index contributed by atoms with van der Waals surface area (Å²) in [4.78, 5) is 21.4. The third-order valence-electron chi connectivity index (χ3n) is 5.17. The number of amides is 2. The van der Waals surface area contributed by atoms with Crippen molar-refractivity contribution >= 4 is 17.5 Å². The summed E-state index contributed by atoms with van der Waals surface area (Å²) in [6.45, 7) is 12.9. The second kappa shape index (κ2) is 7.59. The van der Waals surface area contributed by atoms with Gasteiger partial charge in [0.1, 0.15) is 5.82 Å². The molecule has 1 fully saturated rings. The van der Waals surface area contributed by atoms with Crippen molar-refractivity contribution in [2.45, 2.75) is 46.1 Å². The highest BCUT2D eigenvalue weighted by Crippen LogP contribution is 2.24. The summed E-state index contributed by atoms with van der Waals surface area (Å²) in [7, 11) is 0. The lowest BCUT2D eigenvalue weighted by molar-refractivity contribution is 0.200. The molecule has 2 heterocycles. The summed E-state index contributed by atoms with van der Waals surface area (Å²) < 4.78 is 0. The number of aromatic nitrogens is 1. The molecule has 1 aliphatic rings. The molecule has 2 amide bonds. The largest absolute Gasteiger partial charge is 0.350 e. The zero-order valence-electron chi connectivity index (χ0n) is 17.0. The predicted molar refractivity (Wildman–Crippen MR) is 112 cm³/mol. The van der Waals surface area contributed by atoms with Gasteiger partial charge in [-0.1, -0.05) is 39.0 Å². The van der Waals surface area contributed by atoms with Crippen LogP contribution in [-0.2, 0) is 5.41 Å². The van der Waals surface area contributed by atoms with E-state index in [2.05, 4.69) is 68.0 Å². The number of carbonyl (C=O) groups excluding carboxylic acids is 1. The van der Waals surface area contributed by atoms with Gasteiger partial charge in [-0.2, -0.15) is 0 Å². The van der Waals surface area contributed by atoms with Gasteiger partial charge in [0.25, 0.3) is 0 Å². The van der Waals surface area contributed by atoms with Crippen LogP contribution in [0.1, 0.15) is 38.8 Å². The number of nitrogens with one attached hydrogen (secondary N) is 1. The summed E-state index contributed by atoms with van der Waals surface area (Å²) in [6.07, 6.45) is 1.83. The normalized spacial score (nSPS) is 17.7. The second-order valence-electron chi connectivity index (χ2n) is 8.39. The SMILES string of the molecule is Cc1cccnc1N1CCN(C(=O)Nc2ccc(C(C)(C)C)cc2)C[C@@H]1C. The highest BCUT2D eigenvalue weighted by atomic mass is 16.2. The molecule has 0 bridgehead atoms. The summed E-state index contributed by atoms with van der Waals surface area (Å²) >= 11 is 0. The van der Waals surface area contributed by atoms with Gasteiger partial charge in [0.2, 0.25) is 0 Å². The highest BCUT2D eigenvalue weighted by molar-refractivity contribution is 5.89. The van der Waals surface area contributed by atoms with Crippen LogP contribution in [0, 0.1) is 6.92 Å². The van der Waals surface area contributed by atoms with Gasteiger partial charge in [-0.25, -0.2) is 9.78 Å². The van der Waals surface area contributed by atoms with E-state index in [4.69, 9.17) is 0 Å². The monoisotopic (exact) mass is 366 g/mol. The summed E-state index contributed by atoms with van der Waals surface area (Å²) in [5.74, 6) is 1.02. The number of urea groups is 1. The van der Waals surface area contributed by atoms with Gasteiger partial charge in [-0.15, -0.1) is 0 Å². The predicted octanol–water partition coefficient (Wildman–Crippen LogP) is 4.43. The van der Waals surface area contributed by atoms with Gasteiger partial charge in [0, 0.05) is 37.6 Å². The van der Waals surface area contributed by atoms with Gasteiger partial charge >= 0.3 is 6.03 Å². The number of piperazine rings is 1. The molecule has 1 aromatic carbocycles. The zero-order valence-corrected chi connectivity index (χ0v) is 17.0. The Morgan fingerprint density at radius 2 is 1.85 bits per heavy atom. The Hall–Kier alpha value is -2.56. The zero-order chi connectivity index (χ0) is 19.6. The number of anilines is 2. The van der Waals surface area contributed by atoms with E-state index in [1.165, 1.54) is 11.1 Å². The minimum Gasteiger partial charge on any atom is -0.350 e. The third-order valence-corrected chi connectivity index (χ3v) is 5.17. The Morgan fingerprint density at radius 3 is 2.44 bits per heavy atom. The van der Waals surface area contributed by atoms with E-state index >= 15 is 0 Å². The molecule has 1 aliphatic heterocycles. The van der Waals surface area contributed by atoms with Crippen molar-refractivity contribution in [3.63, 3.8) is 0 Å². The molecule has 0 saturated carbocycles. The Labute approximate surface area is 162 Å². The smallest absolute Gasteiger partial charge is 0.321 e. The van der Waals surface area contributed by atoms with E-state index in [0.717, 1.165) is 18.1 Å². The Morgan fingerprint density at radius 1 is 1.15 bits per heavy atom. The number of hydrogen-bond donors (Lipinski definition) is 1. The first-order chi connectivity index (χ1) is 12.8. The van der Waals surface area contributed by atoms with Crippen molar-refractivity contribution in [1.82, 2.24) is 9.88 Å². The van der Waals surface area contributed by atoms with Crippen LogP contribution in [-0.4, -0.2) is 41.6 Å². The number of aryl methyl sites for hydroxylation is 1. The summed E-state index contributed by atoms with van der Waals surface area (Å²) in [6, 6.07) is 12.3. The Bertz CT molecular complexity index is 795. The number of rotatable bonds is 2. The molecule has 27 heavy (non-hydrogen) atoms. The van der Waals surface area contributed by atoms with Gasteiger partial charge in [-0.3, -0.25) is 0 Å². The lowest BCUT2D eigenvalue weighted by Crippen LogP contribution is -2.55. The fourth-order valence-corrected chi connectivity index (χ4v) is 3.49. The topological polar surface area (TPSA) is 48.5 Å². The number of carbonyl (C=O) groups is 1. The van der Waals surface area contributed by atoms with Crippen LogP contribution < -0.4 is 10.2 Å². The van der Waals surface area contributed by atoms with Crippen LogP contribution in [0.2, 0.25) is 0 Å². The molecule has 1 N–H and O–H groups in total. The Kier molecular flexibility index (Phi) is 5.40. The van der Waals surface area contributed by atoms with E-state index in [0.29, 0.717) is 13.1 Å². The minimum atomic E-state index is -0.0391. The molecule has 0 radical (unpaired) electrons.